The molecule has 3 N–H and O–H groups in total. The van der Waals surface area contributed by atoms with E-state index in [2.05, 4.69) is 43.5 Å². The zero-order valence-electron chi connectivity index (χ0n) is 56.5. The third-order valence-corrected chi connectivity index (χ3v) is 18.0. The van der Waals surface area contributed by atoms with Gasteiger partial charge in [-0.2, -0.15) is 0 Å². The van der Waals surface area contributed by atoms with Crippen molar-refractivity contribution in [3.05, 3.63) is 24.3 Å². The summed E-state index contributed by atoms with van der Waals surface area (Å²) in [7, 11) is 0. The van der Waals surface area contributed by atoms with Crippen LogP contribution in [0.1, 0.15) is 431 Å². The molecular weight excluding hydrogens is 1020 g/mol. The van der Waals surface area contributed by atoms with E-state index in [0.29, 0.717) is 25.9 Å². The number of aliphatic hydroxyl groups is 2. The van der Waals surface area contributed by atoms with E-state index in [4.69, 9.17) is 4.74 Å². The Labute approximate surface area is 520 Å². The van der Waals surface area contributed by atoms with Gasteiger partial charge < -0.3 is 20.3 Å². The average molecular weight is 1170 g/mol. The molecule has 1 amide bonds. The molecule has 0 aliphatic rings. The van der Waals surface area contributed by atoms with Crippen molar-refractivity contribution in [1.29, 1.82) is 0 Å². The van der Waals surface area contributed by atoms with Crippen LogP contribution in [0.25, 0.3) is 0 Å². The summed E-state index contributed by atoms with van der Waals surface area (Å²) in [5.74, 6) is -0.0119. The Morgan fingerprint density at radius 3 is 0.916 bits per heavy atom. The van der Waals surface area contributed by atoms with Gasteiger partial charge in [-0.1, -0.05) is 385 Å². The SMILES string of the molecule is CCCCCCCCCCCCCCCCCCCCC(=O)OCCCCCCCCCCC/C=C\C/C=C\CCCCCCCCCCCCCCCCCC(=O)NC(CO)C(O)CCCCCCCCCCCCCCCCCCC. The minimum Gasteiger partial charge on any atom is -0.466 e. The van der Waals surface area contributed by atoms with Crippen LogP contribution in [0.4, 0.5) is 0 Å². The molecule has 0 aliphatic heterocycles. The summed E-state index contributed by atoms with van der Waals surface area (Å²) in [4.78, 5) is 24.6. The molecule has 0 saturated heterocycles. The van der Waals surface area contributed by atoms with Crippen molar-refractivity contribution in [2.75, 3.05) is 13.2 Å². The van der Waals surface area contributed by atoms with Crippen molar-refractivity contribution in [2.45, 2.75) is 443 Å². The number of hydrogen-bond donors (Lipinski definition) is 3. The first-order valence-corrected chi connectivity index (χ1v) is 38.1. The Morgan fingerprint density at radius 1 is 0.337 bits per heavy atom. The summed E-state index contributed by atoms with van der Waals surface area (Å²) in [5.41, 5.74) is 0. The lowest BCUT2D eigenvalue weighted by Gasteiger charge is -2.22. The lowest BCUT2D eigenvalue weighted by molar-refractivity contribution is -0.143. The van der Waals surface area contributed by atoms with Gasteiger partial charge >= 0.3 is 5.97 Å². The zero-order valence-corrected chi connectivity index (χ0v) is 56.5. The van der Waals surface area contributed by atoms with Gasteiger partial charge in [0.25, 0.3) is 0 Å². The van der Waals surface area contributed by atoms with Crippen LogP contribution >= 0.6 is 0 Å². The number of amides is 1. The number of esters is 1. The Balaban J connectivity index is 3.37. The van der Waals surface area contributed by atoms with Crippen LogP contribution in [-0.4, -0.2) is 47.4 Å². The van der Waals surface area contributed by atoms with Gasteiger partial charge in [0.1, 0.15) is 0 Å². The second-order valence-corrected chi connectivity index (χ2v) is 26.3. The molecule has 492 valence electrons. The van der Waals surface area contributed by atoms with Gasteiger partial charge in [-0.25, -0.2) is 0 Å². The van der Waals surface area contributed by atoms with Crippen molar-refractivity contribution >= 4 is 11.9 Å². The molecule has 0 rings (SSSR count). The normalized spacial score (nSPS) is 12.6. The van der Waals surface area contributed by atoms with Crippen molar-refractivity contribution in [3.8, 4) is 0 Å². The quantitative estimate of drug-likeness (QED) is 0.0320. The molecule has 83 heavy (non-hydrogen) atoms. The van der Waals surface area contributed by atoms with E-state index in [1.54, 1.807) is 0 Å². The molecule has 0 aromatic carbocycles. The Bertz CT molecular complexity index is 1300. The van der Waals surface area contributed by atoms with Crippen LogP contribution in [0.5, 0.6) is 0 Å². The third-order valence-electron chi connectivity index (χ3n) is 18.0. The minimum atomic E-state index is -0.664. The van der Waals surface area contributed by atoms with E-state index >= 15 is 0 Å². The van der Waals surface area contributed by atoms with Crippen LogP contribution in [0.2, 0.25) is 0 Å². The van der Waals surface area contributed by atoms with Crippen molar-refractivity contribution < 1.29 is 24.5 Å². The first kappa shape index (κ1) is 81.3. The molecule has 0 radical (unpaired) electrons. The molecule has 0 spiro atoms. The van der Waals surface area contributed by atoms with Crippen molar-refractivity contribution in [1.82, 2.24) is 5.32 Å². The van der Waals surface area contributed by atoms with Gasteiger partial charge in [0.2, 0.25) is 5.91 Å². The van der Waals surface area contributed by atoms with Gasteiger partial charge in [-0.05, 0) is 57.8 Å². The first-order valence-electron chi connectivity index (χ1n) is 38.1. The summed E-state index contributed by atoms with van der Waals surface area (Å²) < 4.78 is 5.51. The summed E-state index contributed by atoms with van der Waals surface area (Å²) in [5, 5.41) is 23.4. The maximum atomic E-state index is 12.5. The molecule has 0 heterocycles. The Hall–Kier alpha value is -1.66. The van der Waals surface area contributed by atoms with Crippen LogP contribution in [-0.2, 0) is 14.3 Å². The molecule has 0 fully saturated rings. The maximum Gasteiger partial charge on any atom is 0.305 e. The van der Waals surface area contributed by atoms with Gasteiger partial charge in [0.15, 0.2) is 0 Å². The molecule has 0 bridgehead atoms. The van der Waals surface area contributed by atoms with Gasteiger partial charge in [-0.3, -0.25) is 9.59 Å². The predicted molar refractivity (Wildman–Crippen MR) is 366 cm³/mol. The monoisotopic (exact) mass is 1170 g/mol. The highest BCUT2D eigenvalue weighted by Gasteiger charge is 2.20. The largest absolute Gasteiger partial charge is 0.466 e. The molecule has 0 aliphatic carbocycles. The lowest BCUT2D eigenvalue weighted by atomic mass is 10.0. The highest BCUT2D eigenvalue weighted by atomic mass is 16.5. The minimum absolute atomic E-state index is 0.0185. The van der Waals surface area contributed by atoms with E-state index in [0.717, 1.165) is 44.9 Å². The number of carbonyl (C=O) groups is 2. The number of rotatable bonds is 72. The molecular formula is C77H149NO5. The van der Waals surface area contributed by atoms with Crippen molar-refractivity contribution in [2.24, 2.45) is 0 Å². The van der Waals surface area contributed by atoms with E-state index in [9.17, 15) is 19.8 Å². The molecule has 2 atom stereocenters. The zero-order chi connectivity index (χ0) is 59.9. The van der Waals surface area contributed by atoms with Crippen LogP contribution in [0.3, 0.4) is 0 Å². The highest BCUT2D eigenvalue weighted by molar-refractivity contribution is 5.76. The molecule has 0 aromatic rings. The van der Waals surface area contributed by atoms with Crippen LogP contribution in [0, 0.1) is 0 Å². The standard InChI is InChI=1S/C77H149NO5/c1-3-5-7-9-11-13-15-17-19-21-39-43-47-51-55-59-63-67-71-77(82)83-72-68-64-60-56-52-48-44-40-36-34-32-30-28-26-24-22-23-25-27-29-31-33-35-38-42-46-50-54-58-62-66-70-76(81)78-74(73-79)75(80)69-65-61-57-53-49-45-41-37-20-18-16-14-12-10-8-6-4-2/h24,26,30,32,74-75,79-80H,3-23,25,27-29,31,33-73H2,1-2H3,(H,78,81)/b26-24-,32-30-. The predicted octanol–water partition coefficient (Wildman–Crippen LogP) is 24.9. The number of unbranched alkanes of at least 4 members (excludes halogenated alkanes) is 57. The van der Waals surface area contributed by atoms with Gasteiger partial charge in [0.05, 0.1) is 25.4 Å². The smallest absolute Gasteiger partial charge is 0.305 e. The van der Waals surface area contributed by atoms with Crippen LogP contribution < -0.4 is 5.32 Å². The highest BCUT2D eigenvalue weighted by Crippen LogP contribution is 2.20. The molecule has 2 unspecified atom stereocenters. The Morgan fingerprint density at radius 2 is 0.602 bits per heavy atom. The van der Waals surface area contributed by atoms with Gasteiger partial charge in [-0.15, -0.1) is 0 Å². The Kier molecular flexibility index (Phi) is 71.4. The summed E-state index contributed by atoms with van der Waals surface area (Å²) in [6.07, 6.45) is 92.5. The fourth-order valence-corrected chi connectivity index (χ4v) is 12.2. The second kappa shape index (κ2) is 72.8. The molecule has 6 heteroatoms. The first-order chi connectivity index (χ1) is 41.0. The fourth-order valence-electron chi connectivity index (χ4n) is 12.2. The summed E-state index contributed by atoms with van der Waals surface area (Å²) in [6, 6.07) is -0.541. The maximum absolute atomic E-state index is 12.5. The van der Waals surface area contributed by atoms with E-state index in [1.165, 1.54) is 353 Å². The molecule has 0 aromatic heterocycles. The third kappa shape index (κ3) is 69.3. The fraction of sp³-hybridized carbons (Fsp3) is 0.922. The number of aliphatic hydroxyl groups excluding tert-OH is 2. The van der Waals surface area contributed by atoms with Gasteiger partial charge in [0, 0.05) is 12.8 Å². The molecule has 0 saturated carbocycles. The lowest BCUT2D eigenvalue weighted by Crippen LogP contribution is -2.45. The second-order valence-electron chi connectivity index (χ2n) is 26.3. The van der Waals surface area contributed by atoms with Crippen LogP contribution in [0.15, 0.2) is 24.3 Å². The summed E-state index contributed by atoms with van der Waals surface area (Å²) >= 11 is 0. The molecule has 6 nitrogen and oxygen atoms in total. The number of allylic oxidation sites excluding steroid dienone is 4. The average Bonchev–Trinajstić information content (AvgIpc) is 3.48. The number of ether oxygens (including phenoxy) is 1. The number of hydrogen-bond acceptors (Lipinski definition) is 5. The topological polar surface area (TPSA) is 95.9 Å². The van der Waals surface area contributed by atoms with Crippen molar-refractivity contribution in [3.63, 3.8) is 0 Å². The number of carbonyl (C=O) groups excluding carboxylic acids is 2. The van der Waals surface area contributed by atoms with E-state index in [-0.39, 0.29) is 18.5 Å². The number of nitrogens with one attached hydrogen (secondary N) is 1. The van der Waals surface area contributed by atoms with E-state index < -0.39 is 12.1 Å². The van der Waals surface area contributed by atoms with E-state index in [1.807, 2.05) is 0 Å². The summed E-state index contributed by atoms with van der Waals surface area (Å²) in [6.45, 7) is 5.00.